The summed E-state index contributed by atoms with van der Waals surface area (Å²) < 4.78 is 2.89. The van der Waals surface area contributed by atoms with E-state index in [0.717, 1.165) is 12.1 Å². The molecule has 0 atom stereocenters. The Hall–Kier alpha value is -1.36. The third-order valence-corrected chi connectivity index (χ3v) is 2.48. The number of hydrogen-bond donors (Lipinski definition) is 1. The normalized spacial score (nSPS) is 15.5. The van der Waals surface area contributed by atoms with E-state index in [2.05, 4.69) is 17.0 Å². The average molecular weight is 208 g/mol. The molecule has 1 aliphatic carbocycles. The minimum Gasteiger partial charge on any atom is -0.310 e. The Balaban J connectivity index is 1.87. The maximum Gasteiger partial charge on any atom is 0.345 e. The van der Waals surface area contributed by atoms with Crippen molar-refractivity contribution in [3.63, 3.8) is 0 Å². The summed E-state index contributed by atoms with van der Waals surface area (Å²) in [6.07, 6.45) is 4.04. The first-order chi connectivity index (χ1) is 7.16. The Bertz CT molecular complexity index is 413. The summed E-state index contributed by atoms with van der Waals surface area (Å²) in [6, 6.07) is 0.669. The molecule has 0 saturated heterocycles. The molecule has 5 heteroatoms. The highest BCUT2D eigenvalue weighted by molar-refractivity contribution is 4.99. The summed E-state index contributed by atoms with van der Waals surface area (Å²) >= 11 is 0. The van der Waals surface area contributed by atoms with Crippen molar-refractivity contribution in [1.29, 1.82) is 0 Å². The van der Waals surface area contributed by atoms with Crippen LogP contribution in [0.25, 0.3) is 0 Å². The Morgan fingerprint density at radius 3 is 3.00 bits per heavy atom. The quantitative estimate of drug-likeness (QED) is 0.687. The number of nitrogens with zero attached hydrogens (tertiary/aromatic N) is 3. The molecule has 0 bridgehead atoms. The molecule has 1 aliphatic rings. The van der Waals surface area contributed by atoms with Gasteiger partial charge in [-0.1, -0.05) is 6.58 Å². The standard InChI is InChI=1S/C10H16N4O/c1-8(5-11-9-3-4-9)6-14-10(15)13(2)7-12-14/h7,9,11H,1,3-6H2,2H3. The van der Waals surface area contributed by atoms with E-state index in [0.29, 0.717) is 12.6 Å². The highest BCUT2D eigenvalue weighted by atomic mass is 16.2. The molecular formula is C10H16N4O. The largest absolute Gasteiger partial charge is 0.345 e. The van der Waals surface area contributed by atoms with Crippen molar-refractivity contribution in [3.05, 3.63) is 29.0 Å². The van der Waals surface area contributed by atoms with Gasteiger partial charge in [0.2, 0.25) is 0 Å². The third-order valence-electron chi connectivity index (χ3n) is 2.48. The predicted octanol–water partition coefficient (Wildman–Crippen LogP) is -0.110. The first-order valence-electron chi connectivity index (χ1n) is 5.15. The SMILES string of the molecule is C=C(CNC1CC1)Cn1ncn(C)c1=O. The first-order valence-corrected chi connectivity index (χ1v) is 5.15. The van der Waals surface area contributed by atoms with E-state index in [1.807, 2.05) is 0 Å². The van der Waals surface area contributed by atoms with Crippen molar-refractivity contribution in [2.45, 2.75) is 25.4 Å². The smallest absolute Gasteiger partial charge is 0.310 e. The monoisotopic (exact) mass is 208 g/mol. The van der Waals surface area contributed by atoms with Gasteiger partial charge in [-0.05, 0) is 18.4 Å². The maximum atomic E-state index is 11.5. The Morgan fingerprint density at radius 2 is 2.47 bits per heavy atom. The van der Waals surface area contributed by atoms with Crippen molar-refractivity contribution in [1.82, 2.24) is 19.7 Å². The van der Waals surface area contributed by atoms with Gasteiger partial charge in [-0.25, -0.2) is 9.48 Å². The zero-order valence-electron chi connectivity index (χ0n) is 8.94. The van der Waals surface area contributed by atoms with Gasteiger partial charge in [0, 0.05) is 19.6 Å². The van der Waals surface area contributed by atoms with E-state index < -0.39 is 0 Å². The number of hydrogen-bond acceptors (Lipinski definition) is 3. The number of aryl methyl sites for hydroxylation is 1. The van der Waals surface area contributed by atoms with Crippen LogP contribution in [-0.2, 0) is 13.6 Å². The van der Waals surface area contributed by atoms with Crippen LogP contribution in [0.1, 0.15) is 12.8 Å². The molecule has 0 amide bonds. The zero-order chi connectivity index (χ0) is 10.8. The summed E-state index contributed by atoms with van der Waals surface area (Å²) in [5.74, 6) is 0. The molecule has 1 saturated carbocycles. The second-order valence-electron chi connectivity index (χ2n) is 4.09. The van der Waals surface area contributed by atoms with Crippen LogP contribution >= 0.6 is 0 Å². The van der Waals surface area contributed by atoms with E-state index in [1.54, 1.807) is 7.05 Å². The van der Waals surface area contributed by atoms with E-state index in [4.69, 9.17) is 0 Å². The summed E-state index contributed by atoms with van der Waals surface area (Å²) in [5.41, 5.74) is 0.894. The van der Waals surface area contributed by atoms with Gasteiger partial charge >= 0.3 is 5.69 Å². The molecule has 1 heterocycles. The fourth-order valence-corrected chi connectivity index (χ4v) is 1.37. The minimum atomic E-state index is -0.0948. The topological polar surface area (TPSA) is 51.9 Å². The van der Waals surface area contributed by atoms with Gasteiger partial charge < -0.3 is 5.32 Å². The molecule has 0 radical (unpaired) electrons. The van der Waals surface area contributed by atoms with Crippen LogP contribution in [0.2, 0.25) is 0 Å². The van der Waals surface area contributed by atoms with Crippen LogP contribution in [0.3, 0.4) is 0 Å². The number of nitrogens with one attached hydrogen (secondary N) is 1. The molecule has 5 nitrogen and oxygen atoms in total. The van der Waals surface area contributed by atoms with E-state index in [1.165, 1.54) is 28.4 Å². The van der Waals surface area contributed by atoms with Gasteiger partial charge in [0.1, 0.15) is 6.33 Å². The highest BCUT2D eigenvalue weighted by Gasteiger charge is 2.20. The van der Waals surface area contributed by atoms with Crippen LogP contribution < -0.4 is 11.0 Å². The van der Waals surface area contributed by atoms with Crippen molar-refractivity contribution >= 4 is 0 Å². The van der Waals surface area contributed by atoms with Gasteiger partial charge in [0.05, 0.1) is 6.54 Å². The molecule has 1 fully saturated rings. The lowest BCUT2D eigenvalue weighted by Crippen LogP contribution is -2.27. The first kappa shape index (κ1) is 10.2. The third kappa shape index (κ3) is 2.56. The van der Waals surface area contributed by atoms with Gasteiger partial charge in [-0.15, -0.1) is 0 Å². The molecule has 15 heavy (non-hydrogen) atoms. The number of aromatic nitrogens is 3. The van der Waals surface area contributed by atoms with Gasteiger partial charge in [0.15, 0.2) is 0 Å². The van der Waals surface area contributed by atoms with Crippen molar-refractivity contribution in [3.8, 4) is 0 Å². The Labute approximate surface area is 88.4 Å². The zero-order valence-corrected chi connectivity index (χ0v) is 8.94. The van der Waals surface area contributed by atoms with Crippen LogP contribution in [0.15, 0.2) is 23.3 Å². The van der Waals surface area contributed by atoms with Crippen molar-refractivity contribution < 1.29 is 0 Å². The van der Waals surface area contributed by atoms with E-state index in [9.17, 15) is 4.79 Å². The molecule has 1 aromatic heterocycles. The highest BCUT2D eigenvalue weighted by Crippen LogP contribution is 2.18. The molecule has 0 aromatic carbocycles. The average Bonchev–Trinajstić information content (AvgIpc) is 2.98. The molecule has 0 spiro atoms. The Morgan fingerprint density at radius 1 is 1.73 bits per heavy atom. The van der Waals surface area contributed by atoms with Crippen LogP contribution in [-0.4, -0.2) is 26.9 Å². The van der Waals surface area contributed by atoms with Crippen LogP contribution in [0.5, 0.6) is 0 Å². The Kier molecular flexibility index (Phi) is 2.73. The predicted molar refractivity (Wildman–Crippen MR) is 57.6 cm³/mol. The second-order valence-corrected chi connectivity index (χ2v) is 4.09. The molecule has 82 valence electrons. The minimum absolute atomic E-state index is 0.0948. The number of rotatable bonds is 5. The van der Waals surface area contributed by atoms with Crippen molar-refractivity contribution in [2.24, 2.45) is 7.05 Å². The molecule has 1 aromatic rings. The molecular weight excluding hydrogens is 192 g/mol. The molecule has 0 unspecified atom stereocenters. The maximum absolute atomic E-state index is 11.5. The van der Waals surface area contributed by atoms with E-state index >= 15 is 0 Å². The van der Waals surface area contributed by atoms with Crippen LogP contribution in [0, 0.1) is 0 Å². The van der Waals surface area contributed by atoms with Crippen LogP contribution in [0.4, 0.5) is 0 Å². The summed E-state index contributed by atoms with van der Waals surface area (Å²) in [4.78, 5) is 11.5. The van der Waals surface area contributed by atoms with Crippen molar-refractivity contribution in [2.75, 3.05) is 6.54 Å². The molecule has 1 N–H and O–H groups in total. The lowest BCUT2D eigenvalue weighted by molar-refractivity contribution is 0.610. The lowest BCUT2D eigenvalue weighted by atomic mass is 10.3. The van der Waals surface area contributed by atoms with Gasteiger partial charge in [-0.2, -0.15) is 5.10 Å². The molecule has 2 rings (SSSR count). The molecule has 0 aliphatic heterocycles. The summed E-state index contributed by atoms with van der Waals surface area (Å²) in [6.45, 7) is 5.20. The van der Waals surface area contributed by atoms with Gasteiger partial charge in [0.25, 0.3) is 0 Å². The van der Waals surface area contributed by atoms with E-state index in [-0.39, 0.29) is 5.69 Å². The fraction of sp³-hybridized carbons (Fsp3) is 0.600. The summed E-state index contributed by atoms with van der Waals surface area (Å²) in [7, 11) is 1.69. The van der Waals surface area contributed by atoms with Gasteiger partial charge in [-0.3, -0.25) is 4.57 Å². The lowest BCUT2D eigenvalue weighted by Gasteiger charge is -2.05. The second kappa shape index (κ2) is 4.02. The summed E-state index contributed by atoms with van der Waals surface area (Å²) in [5, 5.41) is 7.33. The fourth-order valence-electron chi connectivity index (χ4n) is 1.37.